The maximum Gasteiger partial charge on any atom is 0.342 e. The van der Waals surface area contributed by atoms with Crippen LogP contribution < -0.4 is 15.4 Å². The lowest BCUT2D eigenvalue weighted by Gasteiger charge is -2.28. The second-order valence-electron chi connectivity index (χ2n) is 8.41. The number of benzene rings is 1. The van der Waals surface area contributed by atoms with Gasteiger partial charge in [0, 0.05) is 18.7 Å². The SMILES string of the molecule is COC(=O)[C@H](CCSC)NC(=O)C(Cc1ccccc1)OC(C(=O)Oc1cccnc1)[C@@H]1CCCN1. The van der Waals surface area contributed by atoms with Crippen LogP contribution in [-0.4, -0.2) is 72.8 Å². The van der Waals surface area contributed by atoms with Crippen molar-refractivity contribution >= 4 is 29.6 Å². The molecular formula is C26H33N3O6S. The van der Waals surface area contributed by atoms with E-state index in [-0.39, 0.29) is 12.5 Å². The average molecular weight is 516 g/mol. The highest BCUT2D eigenvalue weighted by Crippen LogP contribution is 2.19. The molecule has 1 aromatic heterocycles. The fourth-order valence-corrected chi connectivity index (χ4v) is 4.44. The van der Waals surface area contributed by atoms with E-state index in [4.69, 9.17) is 14.2 Å². The predicted octanol–water partition coefficient (Wildman–Crippen LogP) is 2.15. The molecule has 1 aliphatic rings. The van der Waals surface area contributed by atoms with Crippen LogP contribution in [0.3, 0.4) is 0 Å². The fourth-order valence-electron chi connectivity index (χ4n) is 3.97. The van der Waals surface area contributed by atoms with Crippen molar-refractivity contribution in [3.05, 3.63) is 60.4 Å². The fraction of sp³-hybridized carbons (Fsp3) is 0.462. The smallest absolute Gasteiger partial charge is 0.342 e. The number of carbonyl (C=O) groups is 3. The van der Waals surface area contributed by atoms with Crippen molar-refractivity contribution < 1.29 is 28.6 Å². The van der Waals surface area contributed by atoms with Crippen molar-refractivity contribution in [2.75, 3.05) is 25.7 Å². The first kappa shape index (κ1) is 27.6. The molecule has 0 spiro atoms. The molecule has 1 fully saturated rings. The summed E-state index contributed by atoms with van der Waals surface area (Å²) in [5.41, 5.74) is 0.857. The number of hydrogen-bond donors (Lipinski definition) is 2. The Morgan fingerprint density at radius 1 is 1.17 bits per heavy atom. The second kappa shape index (κ2) is 14.6. The largest absolute Gasteiger partial charge is 0.467 e. The molecule has 9 nitrogen and oxygen atoms in total. The Kier molecular flexibility index (Phi) is 11.2. The zero-order chi connectivity index (χ0) is 25.8. The van der Waals surface area contributed by atoms with Gasteiger partial charge in [0.15, 0.2) is 6.10 Å². The molecule has 0 radical (unpaired) electrons. The summed E-state index contributed by atoms with van der Waals surface area (Å²) >= 11 is 1.56. The Morgan fingerprint density at radius 3 is 2.61 bits per heavy atom. The molecule has 2 heterocycles. The van der Waals surface area contributed by atoms with Crippen molar-refractivity contribution in [2.24, 2.45) is 0 Å². The van der Waals surface area contributed by atoms with Crippen LogP contribution in [-0.2, 0) is 30.3 Å². The summed E-state index contributed by atoms with van der Waals surface area (Å²) < 4.78 is 16.6. The normalized spacial score (nSPS) is 17.6. The molecule has 4 atom stereocenters. The highest BCUT2D eigenvalue weighted by Gasteiger charge is 2.38. The van der Waals surface area contributed by atoms with E-state index >= 15 is 0 Å². The van der Waals surface area contributed by atoms with E-state index in [1.165, 1.54) is 13.3 Å². The molecule has 0 saturated carbocycles. The molecule has 10 heteroatoms. The van der Waals surface area contributed by atoms with Crippen LogP contribution in [0.2, 0.25) is 0 Å². The molecular weight excluding hydrogens is 482 g/mol. The van der Waals surface area contributed by atoms with Crippen LogP contribution in [0.1, 0.15) is 24.8 Å². The van der Waals surface area contributed by atoms with Crippen molar-refractivity contribution in [2.45, 2.75) is 50.0 Å². The van der Waals surface area contributed by atoms with Crippen LogP contribution in [0.25, 0.3) is 0 Å². The first-order valence-corrected chi connectivity index (χ1v) is 13.3. The van der Waals surface area contributed by atoms with Crippen molar-refractivity contribution in [3.63, 3.8) is 0 Å². The lowest BCUT2D eigenvalue weighted by molar-refractivity contribution is -0.159. The van der Waals surface area contributed by atoms with Crippen LogP contribution in [0.5, 0.6) is 5.75 Å². The molecule has 2 unspecified atom stereocenters. The number of amides is 1. The lowest BCUT2D eigenvalue weighted by Crippen LogP contribution is -2.52. The second-order valence-corrected chi connectivity index (χ2v) is 9.40. The number of rotatable bonds is 13. The monoisotopic (exact) mass is 515 g/mol. The number of nitrogens with one attached hydrogen (secondary N) is 2. The van der Waals surface area contributed by atoms with Gasteiger partial charge in [0.2, 0.25) is 5.91 Å². The van der Waals surface area contributed by atoms with Gasteiger partial charge in [-0.3, -0.25) is 9.78 Å². The van der Waals surface area contributed by atoms with Crippen molar-refractivity contribution in [3.8, 4) is 5.75 Å². The standard InChI is InChI=1S/C26H33N3O6S/c1-33-25(31)21(12-15-36-2)29-24(30)22(16-18-8-4-3-5-9-18)35-23(20-11-7-14-28-20)26(32)34-19-10-6-13-27-17-19/h3-6,8-10,13,17,20-23,28H,7,11-12,14-16H2,1-2H3,(H,29,30)/t20-,21-,22?,23?/m0/s1. The summed E-state index contributed by atoms with van der Waals surface area (Å²) in [5.74, 6) is -0.675. The third kappa shape index (κ3) is 8.32. The maximum absolute atomic E-state index is 13.4. The minimum Gasteiger partial charge on any atom is -0.467 e. The Morgan fingerprint density at radius 2 is 1.97 bits per heavy atom. The number of nitrogens with zero attached hydrogens (tertiary/aromatic N) is 1. The molecule has 1 aromatic carbocycles. The zero-order valence-electron chi connectivity index (χ0n) is 20.6. The van der Waals surface area contributed by atoms with E-state index in [1.807, 2.05) is 36.6 Å². The van der Waals surface area contributed by atoms with Crippen molar-refractivity contribution in [1.29, 1.82) is 0 Å². The van der Waals surface area contributed by atoms with Gasteiger partial charge in [0.1, 0.15) is 17.9 Å². The third-order valence-corrected chi connectivity index (χ3v) is 6.47. The van der Waals surface area contributed by atoms with Crippen LogP contribution in [0.15, 0.2) is 54.9 Å². The lowest BCUT2D eigenvalue weighted by atomic mass is 10.0. The molecule has 36 heavy (non-hydrogen) atoms. The number of thioether (sulfide) groups is 1. The van der Waals surface area contributed by atoms with E-state index in [2.05, 4.69) is 15.6 Å². The molecule has 0 bridgehead atoms. The number of esters is 2. The Labute approximate surface area is 215 Å². The predicted molar refractivity (Wildman–Crippen MR) is 137 cm³/mol. The number of aromatic nitrogens is 1. The van der Waals surface area contributed by atoms with E-state index in [0.29, 0.717) is 24.3 Å². The number of ether oxygens (including phenoxy) is 3. The Hall–Kier alpha value is -2.95. The van der Waals surface area contributed by atoms with Gasteiger partial charge in [0.25, 0.3) is 0 Å². The minimum absolute atomic E-state index is 0.215. The first-order valence-electron chi connectivity index (χ1n) is 11.9. The van der Waals surface area contributed by atoms with E-state index < -0.39 is 36.1 Å². The van der Waals surface area contributed by atoms with Gasteiger partial charge >= 0.3 is 11.9 Å². The number of pyridine rings is 1. The number of hydrogen-bond acceptors (Lipinski definition) is 9. The van der Waals surface area contributed by atoms with Crippen LogP contribution in [0.4, 0.5) is 0 Å². The quantitative estimate of drug-likeness (QED) is 0.387. The summed E-state index contributed by atoms with van der Waals surface area (Å²) in [5, 5.41) is 6.05. The third-order valence-electron chi connectivity index (χ3n) is 5.83. The zero-order valence-corrected chi connectivity index (χ0v) is 21.4. The van der Waals surface area contributed by atoms with Gasteiger partial charge < -0.3 is 24.8 Å². The van der Waals surface area contributed by atoms with Crippen LogP contribution >= 0.6 is 11.8 Å². The molecule has 194 valence electrons. The minimum atomic E-state index is -1.04. The van der Waals surface area contributed by atoms with Gasteiger partial charge in [0.05, 0.1) is 13.3 Å². The molecule has 3 rings (SSSR count). The highest BCUT2D eigenvalue weighted by molar-refractivity contribution is 7.98. The summed E-state index contributed by atoms with van der Waals surface area (Å²) in [6.07, 6.45) is 5.07. The van der Waals surface area contributed by atoms with Gasteiger partial charge in [-0.15, -0.1) is 0 Å². The topological polar surface area (TPSA) is 116 Å². The highest BCUT2D eigenvalue weighted by atomic mass is 32.2. The summed E-state index contributed by atoms with van der Waals surface area (Å²) in [6, 6.07) is 11.5. The van der Waals surface area contributed by atoms with Gasteiger partial charge in [-0.1, -0.05) is 30.3 Å². The molecule has 1 aliphatic heterocycles. The van der Waals surface area contributed by atoms with Crippen molar-refractivity contribution in [1.82, 2.24) is 15.6 Å². The number of methoxy groups -OCH3 is 1. The summed E-state index contributed by atoms with van der Waals surface area (Å²) in [4.78, 5) is 42.9. The van der Waals surface area contributed by atoms with Gasteiger partial charge in [-0.25, -0.2) is 9.59 Å². The van der Waals surface area contributed by atoms with Crippen LogP contribution in [0, 0.1) is 0 Å². The van der Waals surface area contributed by atoms with E-state index in [9.17, 15) is 14.4 Å². The molecule has 2 N–H and O–H groups in total. The number of carbonyl (C=O) groups excluding carboxylic acids is 3. The van der Waals surface area contributed by atoms with E-state index in [1.54, 1.807) is 30.1 Å². The Bertz CT molecular complexity index is 972. The molecule has 0 aliphatic carbocycles. The molecule has 1 amide bonds. The average Bonchev–Trinajstić information content (AvgIpc) is 3.44. The van der Waals surface area contributed by atoms with Gasteiger partial charge in [-0.2, -0.15) is 11.8 Å². The molecule has 1 saturated heterocycles. The summed E-state index contributed by atoms with van der Waals surface area (Å²) in [6.45, 7) is 0.735. The Balaban J connectivity index is 1.83. The molecule has 2 aromatic rings. The summed E-state index contributed by atoms with van der Waals surface area (Å²) in [7, 11) is 1.29. The van der Waals surface area contributed by atoms with E-state index in [0.717, 1.165) is 18.5 Å². The maximum atomic E-state index is 13.4. The first-order chi connectivity index (χ1) is 17.5. The van der Waals surface area contributed by atoms with Gasteiger partial charge in [-0.05, 0) is 55.5 Å².